The second kappa shape index (κ2) is 12.4. The van der Waals surface area contributed by atoms with Gasteiger partial charge in [-0.05, 0) is 50.5 Å². The van der Waals surface area contributed by atoms with Crippen molar-refractivity contribution in [1.29, 1.82) is 0 Å². The smallest absolute Gasteiger partial charge is 0.242 e. The monoisotopic (exact) mass is 489 g/mol. The lowest BCUT2D eigenvalue weighted by atomic mass is 10.1. The first-order valence-corrected chi connectivity index (χ1v) is 13.2. The van der Waals surface area contributed by atoms with Crippen LogP contribution in [0.1, 0.15) is 37.8 Å². The second-order valence-electron chi connectivity index (χ2n) is 8.08. The van der Waals surface area contributed by atoms with Crippen LogP contribution in [0.2, 0.25) is 0 Å². The van der Waals surface area contributed by atoms with Gasteiger partial charge in [-0.2, -0.15) is 0 Å². The lowest BCUT2D eigenvalue weighted by Gasteiger charge is -2.29. The summed E-state index contributed by atoms with van der Waals surface area (Å²) in [6.45, 7) is 6.29. The molecule has 9 heteroatoms. The Hall–Kier alpha value is -3.07. The largest absolute Gasteiger partial charge is 0.492 e. The van der Waals surface area contributed by atoms with Crippen LogP contribution < -0.4 is 14.4 Å². The molecule has 34 heavy (non-hydrogen) atoms. The highest BCUT2D eigenvalue weighted by atomic mass is 32.2. The van der Waals surface area contributed by atoms with Crippen LogP contribution in [0.15, 0.2) is 48.5 Å². The Morgan fingerprint density at radius 3 is 2.35 bits per heavy atom. The van der Waals surface area contributed by atoms with Crippen LogP contribution in [0.25, 0.3) is 0 Å². The van der Waals surface area contributed by atoms with Crippen molar-refractivity contribution in [2.24, 2.45) is 0 Å². The van der Waals surface area contributed by atoms with Gasteiger partial charge in [0.25, 0.3) is 0 Å². The average molecular weight is 490 g/mol. The molecular weight excluding hydrogens is 454 g/mol. The van der Waals surface area contributed by atoms with Crippen LogP contribution in [0.3, 0.4) is 0 Å². The van der Waals surface area contributed by atoms with E-state index in [1.807, 2.05) is 38.1 Å². The molecule has 0 radical (unpaired) electrons. The Morgan fingerprint density at radius 2 is 1.74 bits per heavy atom. The minimum absolute atomic E-state index is 0.0933. The fraction of sp³-hybridized carbons (Fsp3) is 0.440. The predicted octanol–water partition coefficient (Wildman–Crippen LogP) is 3.10. The lowest BCUT2D eigenvalue weighted by Crippen LogP contribution is -2.47. The number of hydrogen-bond donors (Lipinski definition) is 1. The van der Waals surface area contributed by atoms with Gasteiger partial charge in [0.1, 0.15) is 11.8 Å². The Balaban J connectivity index is 2.20. The van der Waals surface area contributed by atoms with Crippen molar-refractivity contribution in [1.82, 2.24) is 10.2 Å². The van der Waals surface area contributed by atoms with E-state index in [1.54, 1.807) is 36.1 Å². The minimum atomic E-state index is -3.60. The van der Waals surface area contributed by atoms with Crippen LogP contribution >= 0.6 is 0 Å². The fourth-order valence-corrected chi connectivity index (χ4v) is 4.65. The molecule has 1 atom stereocenters. The van der Waals surface area contributed by atoms with E-state index in [4.69, 9.17) is 4.74 Å². The number of hydrogen-bond acceptors (Lipinski definition) is 5. The molecule has 0 saturated carbocycles. The van der Waals surface area contributed by atoms with Crippen molar-refractivity contribution in [3.05, 3.63) is 59.7 Å². The predicted molar refractivity (Wildman–Crippen MR) is 134 cm³/mol. The molecule has 2 amide bonds. The van der Waals surface area contributed by atoms with Crippen LogP contribution in [0.5, 0.6) is 5.75 Å². The number of likely N-dealkylation sites (N-methyl/N-ethyl adjacent to an activating group) is 1. The molecule has 2 aromatic rings. The number of ether oxygens (including phenoxy) is 1. The van der Waals surface area contributed by atoms with E-state index in [9.17, 15) is 18.0 Å². The summed E-state index contributed by atoms with van der Waals surface area (Å²) in [5, 5.41) is 2.60. The van der Waals surface area contributed by atoms with Crippen molar-refractivity contribution in [2.75, 3.05) is 30.8 Å². The maximum atomic E-state index is 13.2. The van der Waals surface area contributed by atoms with Gasteiger partial charge in [-0.15, -0.1) is 0 Å². The Morgan fingerprint density at radius 1 is 1.09 bits per heavy atom. The molecule has 1 N–H and O–H groups in total. The van der Waals surface area contributed by atoms with Crippen LogP contribution in [0.4, 0.5) is 5.69 Å². The van der Waals surface area contributed by atoms with E-state index in [1.165, 1.54) is 11.4 Å². The van der Waals surface area contributed by atoms with Gasteiger partial charge in [-0.3, -0.25) is 13.9 Å². The molecule has 0 aliphatic heterocycles. The first-order valence-electron chi connectivity index (χ1n) is 11.3. The molecule has 0 aliphatic rings. The number of benzene rings is 2. The Labute approximate surface area is 202 Å². The van der Waals surface area contributed by atoms with Gasteiger partial charge < -0.3 is 15.0 Å². The third-order valence-electron chi connectivity index (χ3n) is 5.60. The molecule has 8 nitrogen and oxygen atoms in total. The highest BCUT2D eigenvalue weighted by Gasteiger charge is 2.27. The van der Waals surface area contributed by atoms with Crippen molar-refractivity contribution >= 4 is 27.5 Å². The highest BCUT2D eigenvalue weighted by Crippen LogP contribution is 2.30. The molecule has 0 saturated heterocycles. The number of amides is 2. The molecule has 2 rings (SSSR count). The van der Waals surface area contributed by atoms with E-state index in [0.717, 1.165) is 17.4 Å². The molecule has 0 bridgehead atoms. The number of sulfonamides is 1. The number of carbonyl (C=O) groups excluding carboxylic acids is 2. The van der Waals surface area contributed by atoms with Gasteiger partial charge >= 0.3 is 0 Å². The number of anilines is 1. The number of nitrogens with one attached hydrogen (secondary N) is 1. The molecule has 186 valence electrons. The first-order chi connectivity index (χ1) is 16.1. The van der Waals surface area contributed by atoms with Crippen molar-refractivity contribution in [3.8, 4) is 5.75 Å². The Kier molecular flexibility index (Phi) is 9.92. The van der Waals surface area contributed by atoms with E-state index in [2.05, 4.69) is 5.32 Å². The number of nitrogens with zero attached hydrogens (tertiary/aromatic N) is 2. The zero-order valence-corrected chi connectivity index (χ0v) is 21.4. The third-order valence-corrected chi connectivity index (χ3v) is 6.78. The summed E-state index contributed by atoms with van der Waals surface area (Å²) in [5.74, 6) is -0.00703. The van der Waals surface area contributed by atoms with E-state index in [-0.39, 0.29) is 31.2 Å². The normalized spacial score (nSPS) is 12.0. The van der Waals surface area contributed by atoms with E-state index < -0.39 is 16.1 Å². The fourth-order valence-electron chi connectivity index (χ4n) is 3.69. The molecule has 0 aliphatic carbocycles. The standard InChI is InChI=1S/C25H35N3O5S/c1-6-33-23-15-10-9-14-22(23)28(34(5,31)32)17-11-16-24(29)27(20(3)25(30)26-4)18-21-13-8-7-12-19(21)2/h7-10,12-15,20H,6,11,16-18H2,1-5H3,(H,26,30). The summed E-state index contributed by atoms with van der Waals surface area (Å²) < 4.78 is 31.9. The van der Waals surface area contributed by atoms with Crippen LogP contribution in [-0.4, -0.2) is 57.6 Å². The minimum Gasteiger partial charge on any atom is -0.492 e. The summed E-state index contributed by atoms with van der Waals surface area (Å²) in [7, 11) is -2.06. The molecule has 0 spiro atoms. The highest BCUT2D eigenvalue weighted by molar-refractivity contribution is 7.92. The molecule has 2 aromatic carbocycles. The van der Waals surface area contributed by atoms with Gasteiger partial charge in [-0.1, -0.05) is 36.4 Å². The van der Waals surface area contributed by atoms with Crippen LogP contribution in [-0.2, 0) is 26.2 Å². The zero-order chi connectivity index (χ0) is 25.3. The van der Waals surface area contributed by atoms with Gasteiger partial charge in [0.2, 0.25) is 21.8 Å². The lowest BCUT2D eigenvalue weighted by molar-refractivity contribution is -0.140. The summed E-state index contributed by atoms with van der Waals surface area (Å²) in [6.07, 6.45) is 1.52. The summed E-state index contributed by atoms with van der Waals surface area (Å²) in [4.78, 5) is 27.1. The SMILES string of the molecule is CCOc1ccccc1N(CCCC(=O)N(Cc1ccccc1C)C(C)C(=O)NC)S(C)(=O)=O. The maximum Gasteiger partial charge on any atom is 0.242 e. The molecule has 1 unspecified atom stereocenters. The van der Waals surface area contributed by atoms with Gasteiger partial charge in [0, 0.05) is 26.6 Å². The topological polar surface area (TPSA) is 96.0 Å². The quantitative estimate of drug-likeness (QED) is 0.494. The molecule has 0 heterocycles. The number of carbonyl (C=O) groups is 2. The van der Waals surface area contributed by atoms with Crippen molar-refractivity contribution in [2.45, 2.75) is 46.2 Å². The van der Waals surface area contributed by atoms with E-state index >= 15 is 0 Å². The van der Waals surface area contributed by atoms with Crippen LogP contribution in [0, 0.1) is 6.92 Å². The zero-order valence-electron chi connectivity index (χ0n) is 20.6. The summed E-state index contributed by atoms with van der Waals surface area (Å²) in [6, 6.07) is 14.0. The summed E-state index contributed by atoms with van der Waals surface area (Å²) in [5.41, 5.74) is 2.42. The van der Waals surface area contributed by atoms with Gasteiger partial charge in [-0.25, -0.2) is 8.42 Å². The third kappa shape index (κ3) is 7.21. The molecule has 0 fully saturated rings. The van der Waals surface area contributed by atoms with Crippen molar-refractivity contribution < 1.29 is 22.7 Å². The van der Waals surface area contributed by atoms with Crippen molar-refractivity contribution in [3.63, 3.8) is 0 Å². The van der Waals surface area contributed by atoms with Gasteiger partial charge in [0.05, 0.1) is 18.6 Å². The molecular formula is C25H35N3O5S. The number of para-hydroxylation sites is 2. The number of rotatable bonds is 12. The Bertz CT molecular complexity index is 1090. The first kappa shape index (κ1) is 27.2. The second-order valence-corrected chi connectivity index (χ2v) is 9.98. The van der Waals surface area contributed by atoms with E-state index in [0.29, 0.717) is 24.6 Å². The maximum absolute atomic E-state index is 13.2. The number of aryl methyl sites for hydroxylation is 1. The molecule has 0 aromatic heterocycles. The average Bonchev–Trinajstić information content (AvgIpc) is 2.80. The van der Waals surface area contributed by atoms with Gasteiger partial charge in [0.15, 0.2) is 0 Å². The summed E-state index contributed by atoms with van der Waals surface area (Å²) >= 11 is 0.